The van der Waals surface area contributed by atoms with E-state index in [4.69, 9.17) is 4.42 Å². The maximum atomic E-state index is 12.6. The first-order chi connectivity index (χ1) is 12.6. The molecule has 5 heteroatoms. The molecule has 1 aromatic heterocycles. The van der Waals surface area contributed by atoms with Gasteiger partial charge in [0.2, 0.25) is 5.91 Å². The summed E-state index contributed by atoms with van der Waals surface area (Å²) in [7, 11) is 0. The van der Waals surface area contributed by atoms with Gasteiger partial charge < -0.3 is 9.73 Å². The molecule has 3 rings (SSSR count). The third-order valence-corrected chi connectivity index (χ3v) is 4.31. The van der Waals surface area contributed by atoms with E-state index in [-0.39, 0.29) is 5.91 Å². The lowest BCUT2D eigenvalue weighted by atomic mass is 10.0. The molecule has 0 aliphatic rings. The predicted octanol–water partition coefficient (Wildman–Crippen LogP) is 4.19. The van der Waals surface area contributed by atoms with E-state index >= 15 is 0 Å². The van der Waals surface area contributed by atoms with Crippen molar-refractivity contribution in [2.75, 3.05) is 0 Å². The van der Waals surface area contributed by atoms with Crippen molar-refractivity contribution in [3.05, 3.63) is 77.2 Å². The fourth-order valence-electron chi connectivity index (χ4n) is 2.89. The average molecular weight is 352 g/mol. The highest BCUT2D eigenvalue weighted by Crippen LogP contribution is 2.25. The Morgan fingerprint density at radius 3 is 2.54 bits per heavy atom. The summed E-state index contributed by atoms with van der Waals surface area (Å²) >= 11 is 0. The van der Waals surface area contributed by atoms with Crippen LogP contribution in [0.4, 0.5) is 4.39 Å². The monoisotopic (exact) mass is 352 g/mol. The number of aromatic nitrogens is 1. The molecule has 0 aliphatic heterocycles. The van der Waals surface area contributed by atoms with Crippen LogP contribution in [0.2, 0.25) is 0 Å². The molecule has 134 valence electrons. The van der Waals surface area contributed by atoms with Crippen LogP contribution in [0.3, 0.4) is 0 Å². The molecule has 0 spiro atoms. The third-order valence-electron chi connectivity index (χ3n) is 4.31. The van der Waals surface area contributed by atoms with Crippen LogP contribution < -0.4 is 5.32 Å². The molecule has 0 bridgehead atoms. The van der Waals surface area contributed by atoms with Gasteiger partial charge in [-0.2, -0.15) is 0 Å². The van der Waals surface area contributed by atoms with Crippen molar-refractivity contribution in [2.45, 2.75) is 33.0 Å². The van der Waals surface area contributed by atoms with E-state index in [1.165, 1.54) is 6.08 Å². The molecule has 2 aromatic carbocycles. The first-order valence-corrected chi connectivity index (χ1v) is 8.52. The largest absolute Gasteiger partial charge is 0.441 e. The van der Waals surface area contributed by atoms with E-state index < -0.39 is 6.67 Å². The van der Waals surface area contributed by atoms with Crippen LogP contribution in [-0.2, 0) is 30.9 Å². The first-order valence-electron chi connectivity index (χ1n) is 8.52. The molecular formula is C21H21FN2O2. The van der Waals surface area contributed by atoms with E-state index in [1.807, 2.05) is 43.3 Å². The van der Waals surface area contributed by atoms with Gasteiger partial charge >= 0.3 is 0 Å². The first kappa shape index (κ1) is 17.9. The molecule has 3 aromatic rings. The van der Waals surface area contributed by atoms with Gasteiger partial charge in [-0.3, -0.25) is 4.79 Å². The smallest absolute Gasteiger partial charge is 0.243 e. The number of oxazole rings is 1. The van der Waals surface area contributed by atoms with E-state index in [0.29, 0.717) is 23.6 Å². The summed E-state index contributed by atoms with van der Waals surface area (Å²) in [6.45, 7) is 5.18. The number of hydrogen-bond acceptors (Lipinski definition) is 3. The van der Waals surface area contributed by atoms with Crippen molar-refractivity contribution in [3.8, 4) is 0 Å². The van der Waals surface area contributed by atoms with Crippen molar-refractivity contribution >= 4 is 17.0 Å². The molecule has 4 nitrogen and oxygen atoms in total. The molecule has 0 atom stereocenters. The summed E-state index contributed by atoms with van der Waals surface area (Å²) in [5.74, 6) is 0.367. The highest BCUT2D eigenvalue weighted by atomic mass is 19.1. The van der Waals surface area contributed by atoms with Crippen LogP contribution in [0.15, 0.2) is 53.5 Å². The topological polar surface area (TPSA) is 55.1 Å². The molecule has 1 amide bonds. The second-order valence-corrected chi connectivity index (χ2v) is 6.17. The summed E-state index contributed by atoms with van der Waals surface area (Å²) in [6.07, 6.45) is 2.88. The lowest BCUT2D eigenvalue weighted by molar-refractivity contribution is -0.116. The van der Waals surface area contributed by atoms with Gasteiger partial charge in [-0.05, 0) is 35.6 Å². The second-order valence-electron chi connectivity index (χ2n) is 6.17. The second kappa shape index (κ2) is 7.95. The molecule has 0 unspecified atom stereocenters. The fourth-order valence-corrected chi connectivity index (χ4v) is 2.89. The van der Waals surface area contributed by atoms with Crippen LogP contribution >= 0.6 is 0 Å². The zero-order chi connectivity index (χ0) is 18.5. The lowest BCUT2D eigenvalue weighted by Crippen LogP contribution is -2.20. The Kier molecular flexibility index (Phi) is 5.46. The highest BCUT2D eigenvalue weighted by molar-refractivity contribution is 5.87. The van der Waals surface area contributed by atoms with Crippen molar-refractivity contribution < 1.29 is 13.6 Å². The van der Waals surface area contributed by atoms with E-state index in [9.17, 15) is 9.18 Å². The molecule has 0 saturated heterocycles. The van der Waals surface area contributed by atoms with Gasteiger partial charge in [0, 0.05) is 19.0 Å². The Morgan fingerprint density at radius 1 is 1.15 bits per heavy atom. The number of halogens is 1. The molecule has 0 radical (unpaired) electrons. The quantitative estimate of drug-likeness (QED) is 0.649. The summed E-state index contributed by atoms with van der Waals surface area (Å²) in [5.41, 5.74) is 5.34. The Labute approximate surface area is 151 Å². The minimum atomic E-state index is -0.441. The Morgan fingerprint density at radius 2 is 1.85 bits per heavy atom. The standard InChI is InChI=1S/C21H21FN2O2/c1-3-19(25)23-13-18-11-10-17(20-21(18)26-14(2)24-20)9-8-15-4-6-16(12-22)7-5-15/h3-7,10-11H,1,8-9,12-13H2,2H3,(H,23,25). The van der Waals surface area contributed by atoms with Crippen molar-refractivity contribution in [1.82, 2.24) is 10.3 Å². The van der Waals surface area contributed by atoms with Crippen molar-refractivity contribution in [2.24, 2.45) is 0 Å². The number of hydrogen-bond donors (Lipinski definition) is 1. The van der Waals surface area contributed by atoms with Gasteiger partial charge in [0.1, 0.15) is 12.2 Å². The van der Waals surface area contributed by atoms with Gasteiger partial charge in [0.05, 0.1) is 0 Å². The Bertz CT molecular complexity index is 929. The van der Waals surface area contributed by atoms with Gasteiger partial charge in [0.15, 0.2) is 11.5 Å². The minimum absolute atomic E-state index is 0.227. The summed E-state index contributed by atoms with van der Waals surface area (Å²) in [5, 5.41) is 2.76. The number of fused-ring (bicyclic) bond motifs is 1. The van der Waals surface area contributed by atoms with Gasteiger partial charge in [-0.15, -0.1) is 0 Å². The maximum Gasteiger partial charge on any atom is 0.243 e. The molecule has 26 heavy (non-hydrogen) atoms. The summed E-state index contributed by atoms with van der Waals surface area (Å²) in [4.78, 5) is 15.9. The molecule has 1 N–H and O–H groups in total. The van der Waals surface area contributed by atoms with Crippen LogP contribution in [-0.4, -0.2) is 10.9 Å². The van der Waals surface area contributed by atoms with E-state index in [1.54, 1.807) is 0 Å². The Balaban J connectivity index is 1.80. The average Bonchev–Trinajstić information content (AvgIpc) is 3.06. The van der Waals surface area contributed by atoms with Crippen LogP contribution in [0, 0.1) is 6.92 Å². The normalized spacial score (nSPS) is 10.8. The number of alkyl halides is 1. The zero-order valence-corrected chi connectivity index (χ0v) is 14.7. The molecular weight excluding hydrogens is 331 g/mol. The number of rotatable bonds is 7. The van der Waals surface area contributed by atoms with Crippen molar-refractivity contribution in [3.63, 3.8) is 0 Å². The maximum absolute atomic E-state index is 12.6. The summed E-state index contributed by atoms with van der Waals surface area (Å²) < 4.78 is 18.4. The van der Waals surface area contributed by atoms with Gasteiger partial charge in [0.25, 0.3) is 0 Å². The molecule has 0 saturated carbocycles. The van der Waals surface area contributed by atoms with Gasteiger partial charge in [-0.1, -0.05) is 43.0 Å². The zero-order valence-electron chi connectivity index (χ0n) is 14.7. The molecule has 0 fully saturated rings. The Hall–Kier alpha value is -2.95. The number of benzene rings is 2. The number of nitrogens with zero attached hydrogens (tertiary/aromatic N) is 1. The SMILES string of the molecule is C=CC(=O)NCc1ccc(CCc2ccc(CF)cc2)c2nc(C)oc12. The minimum Gasteiger partial charge on any atom is -0.441 e. The number of amides is 1. The lowest BCUT2D eigenvalue weighted by Gasteiger charge is -2.07. The van der Waals surface area contributed by atoms with E-state index in [2.05, 4.69) is 16.9 Å². The predicted molar refractivity (Wildman–Crippen MR) is 99.5 cm³/mol. The molecule has 0 aliphatic carbocycles. The number of nitrogens with one attached hydrogen (secondary N) is 1. The van der Waals surface area contributed by atoms with Crippen LogP contribution in [0.5, 0.6) is 0 Å². The van der Waals surface area contributed by atoms with Crippen LogP contribution in [0.25, 0.3) is 11.1 Å². The number of carbonyl (C=O) groups is 1. The number of carbonyl (C=O) groups excluding carboxylic acids is 1. The van der Waals surface area contributed by atoms with Crippen molar-refractivity contribution in [1.29, 1.82) is 0 Å². The highest BCUT2D eigenvalue weighted by Gasteiger charge is 2.13. The number of aryl methyl sites for hydroxylation is 3. The van der Waals surface area contributed by atoms with Gasteiger partial charge in [-0.25, -0.2) is 9.37 Å². The summed E-state index contributed by atoms with van der Waals surface area (Å²) in [6, 6.07) is 11.5. The third kappa shape index (κ3) is 3.99. The van der Waals surface area contributed by atoms with E-state index in [0.717, 1.165) is 35.0 Å². The molecule has 1 heterocycles. The fraction of sp³-hybridized carbons (Fsp3) is 0.238. The van der Waals surface area contributed by atoms with Crippen LogP contribution in [0.1, 0.15) is 28.1 Å².